The van der Waals surface area contributed by atoms with Crippen molar-refractivity contribution in [1.29, 1.82) is 0 Å². The molecule has 63 heavy (non-hydrogen) atoms. The van der Waals surface area contributed by atoms with E-state index in [4.69, 9.17) is 0 Å². The predicted octanol–water partition coefficient (Wildman–Crippen LogP) is 14.7. The van der Waals surface area contributed by atoms with Crippen LogP contribution in [0.3, 0.4) is 0 Å². The number of rotatable bonds is 54. The second-order valence-electron chi connectivity index (χ2n) is 20.0. The predicted molar refractivity (Wildman–Crippen MR) is 278 cm³/mol. The standard InChI is InChI=1S/C56H116N4O3/c1-5-9-12-15-18-21-24-27-30-33-36-39-45-58-56(63)44-46-57-51-55(62)53-60(48-41-38-35-32-29-26-23-20-17-14-11-7-3)50-43-42-49-59(52-54(61)8-4)47-40-37-34-31-28-25-22-19-16-13-10-6-2/h54-55,57,61-62H,5-53H2,1-4H3,(H,58,63). The zero-order chi connectivity index (χ0) is 45.9. The molecule has 0 saturated heterocycles. The van der Waals surface area contributed by atoms with Gasteiger partial charge in [0.15, 0.2) is 0 Å². The number of unbranched alkanes of at least 4 members (excludes halogenated alkanes) is 34. The third kappa shape index (κ3) is 49.0. The first-order valence-corrected chi connectivity index (χ1v) is 28.7. The molecule has 4 N–H and O–H groups in total. The van der Waals surface area contributed by atoms with E-state index in [1.54, 1.807) is 0 Å². The molecule has 7 nitrogen and oxygen atoms in total. The van der Waals surface area contributed by atoms with Gasteiger partial charge in [0.05, 0.1) is 12.2 Å². The molecule has 378 valence electrons. The van der Waals surface area contributed by atoms with Crippen molar-refractivity contribution < 1.29 is 15.0 Å². The fourth-order valence-electron chi connectivity index (χ4n) is 9.15. The van der Waals surface area contributed by atoms with Crippen LogP contribution in [0.2, 0.25) is 0 Å². The molecule has 0 fully saturated rings. The lowest BCUT2D eigenvalue weighted by Crippen LogP contribution is -2.40. The second-order valence-corrected chi connectivity index (χ2v) is 20.0. The number of amides is 1. The van der Waals surface area contributed by atoms with E-state index in [2.05, 4.69) is 48.1 Å². The Morgan fingerprint density at radius 2 is 0.667 bits per heavy atom. The summed E-state index contributed by atoms with van der Waals surface area (Å²) in [6.07, 6.45) is 51.6. The summed E-state index contributed by atoms with van der Waals surface area (Å²) in [5.41, 5.74) is 0. The fraction of sp³-hybridized carbons (Fsp3) is 0.982. The quantitative estimate of drug-likeness (QED) is 0.0455. The van der Waals surface area contributed by atoms with E-state index in [1.807, 2.05) is 0 Å². The molecule has 0 radical (unpaired) electrons. The number of nitrogens with one attached hydrogen (secondary N) is 2. The lowest BCUT2D eigenvalue weighted by Gasteiger charge is -2.27. The van der Waals surface area contributed by atoms with Gasteiger partial charge in [-0.3, -0.25) is 4.79 Å². The highest BCUT2D eigenvalue weighted by atomic mass is 16.3. The van der Waals surface area contributed by atoms with Crippen LogP contribution in [0.25, 0.3) is 0 Å². The molecule has 2 atom stereocenters. The van der Waals surface area contributed by atoms with Gasteiger partial charge >= 0.3 is 0 Å². The van der Waals surface area contributed by atoms with Gasteiger partial charge in [0, 0.05) is 39.1 Å². The van der Waals surface area contributed by atoms with E-state index < -0.39 is 6.10 Å². The lowest BCUT2D eigenvalue weighted by atomic mass is 10.1. The number of nitrogens with zero attached hydrogens (tertiary/aromatic N) is 2. The molecule has 0 aromatic carbocycles. The molecule has 0 spiro atoms. The highest BCUT2D eigenvalue weighted by Gasteiger charge is 2.14. The van der Waals surface area contributed by atoms with E-state index in [0.717, 1.165) is 65.0 Å². The molecule has 0 aliphatic carbocycles. The first-order chi connectivity index (χ1) is 31.0. The summed E-state index contributed by atoms with van der Waals surface area (Å²) in [5.74, 6) is 0.118. The first-order valence-electron chi connectivity index (χ1n) is 28.7. The fourth-order valence-corrected chi connectivity index (χ4v) is 9.15. The van der Waals surface area contributed by atoms with Gasteiger partial charge in [-0.25, -0.2) is 0 Å². The third-order valence-electron chi connectivity index (χ3n) is 13.5. The molecular weight excluding hydrogens is 777 g/mol. The number of aliphatic hydroxyl groups is 2. The lowest BCUT2D eigenvalue weighted by molar-refractivity contribution is -0.121. The average molecular weight is 894 g/mol. The Morgan fingerprint density at radius 3 is 1.00 bits per heavy atom. The van der Waals surface area contributed by atoms with E-state index in [9.17, 15) is 15.0 Å². The van der Waals surface area contributed by atoms with Crippen LogP contribution in [0.1, 0.15) is 285 Å². The monoisotopic (exact) mass is 893 g/mol. The Kier molecular flexibility index (Phi) is 51.6. The van der Waals surface area contributed by atoms with Gasteiger partial charge in [-0.1, -0.05) is 240 Å². The topological polar surface area (TPSA) is 88.1 Å². The van der Waals surface area contributed by atoms with Crippen molar-refractivity contribution >= 4 is 5.91 Å². The molecule has 2 unspecified atom stereocenters. The van der Waals surface area contributed by atoms with Gasteiger partial charge in [-0.15, -0.1) is 0 Å². The molecule has 1 amide bonds. The maximum Gasteiger partial charge on any atom is 0.221 e. The maximum atomic E-state index is 12.5. The summed E-state index contributed by atoms with van der Waals surface area (Å²) >= 11 is 0. The molecule has 0 rings (SSSR count). The molecule has 0 bridgehead atoms. The Balaban J connectivity index is 4.52. The smallest absolute Gasteiger partial charge is 0.221 e. The molecular formula is C56H116N4O3. The molecule has 0 aliphatic rings. The van der Waals surface area contributed by atoms with Crippen LogP contribution < -0.4 is 10.6 Å². The number of hydrogen-bond donors (Lipinski definition) is 4. The highest BCUT2D eigenvalue weighted by Crippen LogP contribution is 2.15. The van der Waals surface area contributed by atoms with Crippen LogP contribution in [0.15, 0.2) is 0 Å². The van der Waals surface area contributed by atoms with Crippen LogP contribution in [0.5, 0.6) is 0 Å². The summed E-state index contributed by atoms with van der Waals surface area (Å²) < 4.78 is 0. The minimum absolute atomic E-state index is 0.118. The largest absolute Gasteiger partial charge is 0.392 e. The van der Waals surface area contributed by atoms with Crippen molar-refractivity contribution in [3.8, 4) is 0 Å². The van der Waals surface area contributed by atoms with Crippen LogP contribution >= 0.6 is 0 Å². The Bertz CT molecular complexity index is 878. The van der Waals surface area contributed by atoms with Crippen molar-refractivity contribution in [1.82, 2.24) is 20.4 Å². The van der Waals surface area contributed by atoms with Crippen molar-refractivity contribution in [2.24, 2.45) is 0 Å². The summed E-state index contributed by atoms with van der Waals surface area (Å²) in [7, 11) is 0. The van der Waals surface area contributed by atoms with E-state index >= 15 is 0 Å². The summed E-state index contributed by atoms with van der Waals surface area (Å²) in [6.45, 7) is 16.6. The van der Waals surface area contributed by atoms with E-state index in [1.165, 1.54) is 225 Å². The zero-order valence-corrected chi connectivity index (χ0v) is 43.5. The zero-order valence-electron chi connectivity index (χ0n) is 43.5. The molecule has 0 aromatic rings. The van der Waals surface area contributed by atoms with Crippen molar-refractivity contribution in [2.45, 2.75) is 297 Å². The Hall–Kier alpha value is -0.730. The SMILES string of the molecule is CCCCCCCCCCCCCCNC(=O)CCNCC(O)CN(CCCCCCCCCCCCCC)CCCCN(CCCCCCCCCCCCCC)CC(O)CC. The number of carbonyl (C=O) groups is 1. The van der Waals surface area contributed by atoms with Crippen molar-refractivity contribution in [3.05, 3.63) is 0 Å². The van der Waals surface area contributed by atoms with Crippen molar-refractivity contribution in [3.63, 3.8) is 0 Å². The van der Waals surface area contributed by atoms with Gasteiger partial charge < -0.3 is 30.6 Å². The number of carbonyl (C=O) groups excluding carboxylic acids is 1. The molecule has 7 heteroatoms. The van der Waals surface area contributed by atoms with Crippen molar-refractivity contribution in [2.75, 3.05) is 58.9 Å². The number of aliphatic hydroxyl groups excluding tert-OH is 2. The normalized spacial score (nSPS) is 12.8. The molecule has 0 heterocycles. The molecule has 0 saturated carbocycles. The van der Waals surface area contributed by atoms with Gasteiger partial charge in [-0.05, 0) is 64.7 Å². The van der Waals surface area contributed by atoms with Gasteiger partial charge in [-0.2, -0.15) is 0 Å². The average Bonchev–Trinajstić information content (AvgIpc) is 3.28. The highest BCUT2D eigenvalue weighted by molar-refractivity contribution is 5.75. The summed E-state index contributed by atoms with van der Waals surface area (Å²) in [4.78, 5) is 17.5. The number of hydrogen-bond acceptors (Lipinski definition) is 6. The van der Waals surface area contributed by atoms with Gasteiger partial charge in [0.1, 0.15) is 0 Å². The second kappa shape index (κ2) is 52.2. The summed E-state index contributed by atoms with van der Waals surface area (Å²) in [6, 6.07) is 0. The van der Waals surface area contributed by atoms with Gasteiger partial charge in [0.25, 0.3) is 0 Å². The van der Waals surface area contributed by atoms with E-state index in [-0.39, 0.29) is 12.0 Å². The van der Waals surface area contributed by atoms with Crippen LogP contribution in [-0.2, 0) is 4.79 Å². The first kappa shape index (κ1) is 62.3. The molecule has 0 aromatic heterocycles. The Labute approximate surface area is 395 Å². The molecule has 0 aliphatic heterocycles. The van der Waals surface area contributed by atoms with E-state index in [0.29, 0.717) is 26.1 Å². The minimum atomic E-state index is -0.437. The third-order valence-corrected chi connectivity index (χ3v) is 13.5. The maximum absolute atomic E-state index is 12.5. The Morgan fingerprint density at radius 1 is 0.381 bits per heavy atom. The van der Waals surface area contributed by atoms with Crippen LogP contribution in [-0.4, -0.2) is 97.0 Å². The minimum Gasteiger partial charge on any atom is -0.392 e. The van der Waals surface area contributed by atoms with Gasteiger partial charge in [0.2, 0.25) is 5.91 Å². The summed E-state index contributed by atoms with van der Waals surface area (Å²) in [5, 5.41) is 28.1. The van der Waals surface area contributed by atoms with Crippen LogP contribution in [0, 0.1) is 0 Å². The van der Waals surface area contributed by atoms with Crippen LogP contribution in [0.4, 0.5) is 0 Å².